The molecule has 2 aromatic rings. The van der Waals surface area contributed by atoms with Crippen molar-refractivity contribution in [2.24, 2.45) is 17.8 Å². The van der Waals surface area contributed by atoms with Gasteiger partial charge in [-0.05, 0) is 57.6 Å². The second-order valence-electron chi connectivity index (χ2n) is 15.3. The first-order chi connectivity index (χ1) is 25.1. The Bertz CT molecular complexity index is 1460. The molecule has 12 nitrogen and oxygen atoms in total. The summed E-state index contributed by atoms with van der Waals surface area (Å²) >= 11 is 1.50. The highest BCUT2D eigenvalue weighted by Crippen LogP contribution is 2.30. The van der Waals surface area contributed by atoms with Crippen molar-refractivity contribution in [2.45, 2.75) is 122 Å². The van der Waals surface area contributed by atoms with Gasteiger partial charge in [0.1, 0.15) is 11.0 Å². The van der Waals surface area contributed by atoms with Crippen molar-refractivity contribution in [1.29, 1.82) is 0 Å². The summed E-state index contributed by atoms with van der Waals surface area (Å²) in [6.07, 6.45) is 3.47. The van der Waals surface area contributed by atoms with Crippen molar-refractivity contribution in [3.8, 4) is 0 Å². The van der Waals surface area contributed by atoms with Crippen LogP contribution in [0.1, 0.15) is 90.8 Å². The number of ether oxygens (including phenoxy) is 2. The molecule has 296 valence electrons. The quantitative estimate of drug-likeness (QED) is 0.178. The molecular formula is C40H64N6O6S. The Labute approximate surface area is 321 Å². The fraction of sp³-hybridized carbons (Fsp3) is 0.675. The van der Waals surface area contributed by atoms with E-state index in [9.17, 15) is 19.2 Å². The number of aromatic nitrogens is 1. The van der Waals surface area contributed by atoms with E-state index < -0.39 is 35.7 Å². The number of thiazole rings is 1. The predicted molar refractivity (Wildman–Crippen MR) is 209 cm³/mol. The number of hydrogen-bond donors (Lipinski definition) is 3. The second kappa shape index (κ2) is 20.3. The van der Waals surface area contributed by atoms with Crippen molar-refractivity contribution in [1.82, 2.24) is 30.7 Å². The molecule has 3 rings (SSSR count). The third-order valence-electron chi connectivity index (χ3n) is 11.0. The summed E-state index contributed by atoms with van der Waals surface area (Å²) in [4.78, 5) is 63.3. The van der Waals surface area contributed by atoms with E-state index in [-0.39, 0.29) is 54.0 Å². The lowest BCUT2D eigenvalue weighted by atomic mass is 9.89. The van der Waals surface area contributed by atoms with E-state index in [1.54, 1.807) is 53.3 Å². The van der Waals surface area contributed by atoms with Gasteiger partial charge >= 0.3 is 0 Å². The highest BCUT2D eigenvalue weighted by Gasteiger charge is 2.43. The number of amides is 4. The molecule has 13 heteroatoms. The van der Waals surface area contributed by atoms with Crippen LogP contribution in [0.3, 0.4) is 0 Å². The van der Waals surface area contributed by atoms with Gasteiger partial charge in [0.25, 0.3) is 0 Å². The minimum atomic E-state index is -0.862. The summed E-state index contributed by atoms with van der Waals surface area (Å²) in [5, 5.41) is 11.9. The minimum absolute atomic E-state index is 0.00885. The maximum absolute atomic E-state index is 14.2. The Balaban J connectivity index is 1.78. The maximum Gasteiger partial charge on any atom is 0.245 e. The number of carbonyl (C=O) groups excluding carboxylic acids is 4. The molecule has 1 aliphatic heterocycles. The summed E-state index contributed by atoms with van der Waals surface area (Å²) in [5.74, 6) is -1.52. The van der Waals surface area contributed by atoms with Crippen LogP contribution in [0.5, 0.6) is 0 Å². The van der Waals surface area contributed by atoms with Gasteiger partial charge in [-0.3, -0.25) is 19.2 Å². The largest absolute Gasteiger partial charge is 0.379 e. The van der Waals surface area contributed by atoms with Crippen molar-refractivity contribution >= 4 is 35.0 Å². The molecule has 1 fully saturated rings. The lowest BCUT2D eigenvalue weighted by Crippen LogP contribution is -2.61. The van der Waals surface area contributed by atoms with Crippen LogP contribution >= 0.6 is 11.3 Å². The fourth-order valence-corrected chi connectivity index (χ4v) is 7.92. The Hall–Kier alpha value is -3.39. The fourth-order valence-electron chi connectivity index (χ4n) is 7.23. The number of hydrogen-bond acceptors (Lipinski definition) is 9. The average molecular weight is 757 g/mol. The van der Waals surface area contributed by atoms with Crippen LogP contribution in [-0.2, 0) is 35.1 Å². The van der Waals surface area contributed by atoms with Crippen LogP contribution in [0.4, 0.5) is 0 Å². The molecule has 1 unspecified atom stereocenters. The Morgan fingerprint density at radius 1 is 1.06 bits per heavy atom. The summed E-state index contributed by atoms with van der Waals surface area (Å²) in [6, 6.07) is 8.19. The molecule has 1 aromatic carbocycles. The third kappa shape index (κ3) is 11.3. The predicted octanol–water partition coefficient (Wildman–Crippen LogP) is 4.60. The zero-order chi connectivity index (χ0) is 39.5. The van der Waals surface area contributed by atoms with Crippen LogP contribution in [0.15, 0.2) is 41.9 Å². The lowest BCUT2D eigenvalue weighted by molar-refractivity contribution is -0.148. The highest BCUT2D eigenvalue weighted by atomic mass is 32.1. The van der Waals surface area contributed by atoms with E-state index >= 15 is 0 Å². The second-order valence-corrected chi connectivity index (χ2v) is 16.2. The zero-order valence-electron chi connectivity index (χ0n) is 33.7. The number of rotatable bonds is 20. The van der Waals surface area contributed by atoms with Gasteiger partial charge in [0.15, 0.2) is 0 Å². The average Bonchev–Trinajstić information content (AvgIpc) is 3.87. The van der Waals surface area contributed by atoms with Crippen LogP contribution in [0, 0.1) is 17.8 Å². The van der Waals surface area contributed by atoms with Crippen LogP contribution in [0.2, 0.25) is 0 Å². The van der Waals surface area contributed by atoms with Gasteiger partial charge in [-0.1, -0.05) is 71.4 Å². The summed E-state index contributed by atoms with van der Waals surface area (Å²) in [6.45, 7) is 13.8. The molecule has 0 spiro atoms. The van der Waals surface area contributed by atoms with E-state index in [0.29, 0.717) is 19.4 Å². The lowest BCUT2D eigenvalue weighted by Gasteiger charge is -2.41. The molecule has 1 saturated heterocycles. The van der Waals surface area contributed by atoms with E-state index in [1.807, 2.05) is 68.3 Å². The Morgan fingerprint density at radius 2 is 1.74 bits per heavy atom. The van der Waals surface area contributed by atoms with Crippen LogP contribution < -0.4 is 16.0 Å². The van der Waals surface area contributed by atoms with Gasteiger partial charge in [0, 0.05) is 39.4 Å². The first-order valence-electron chi connectivity index (χ1n) is 19.0. The number of likely N-dealkylation sites (N-methyl/N-ethyl adjacent to an activating group) is 2. The normalized spacial score (nSPS) is 18.8. The third-order valence-corrected chi connectivity index (χ3v) is 11.9. The highest BCUT2D eigenvalue weighted by molar-refractivity contribution is 7.09. The zero-order valence-corrected chi connectivity index (χ0v) is 34.5. The van der Waals surface area contributed by atoms with Crippen LogP contribution in [0.25, 0.3) is 0 Å². The Morgan fingerprint density at radius 3 is 2.28 bits per heavy atom. The van der Waals surface area contributed by atoms with Crippen molar-refractivity contribution in [3.05, 3.63) is 52.5 Å². The molecule has 0 bridgehead atoms. The first kappa shape index (κ1) is 44.0. The molecule has 53 heavy (non-hydrogen) atoms. The van der Waals surface area contributed by atoms with Crippen LogP contribution in [-0.4, -0.2) is 109 Å². The molecule has 2 heterocycles. The number of benzene rings is 1. The molecule has 0 aliphatic carbocycles. The van der Waals surface area contributed by atoms with Gasteiger partial charge < -0.3 is 35.2 Å². The molecule has 0 radical (unpaired) electrons. The van der Waals surface area contributed by atoms with Gasteiger partial charge in [-0.25, -0.2) is 4.98 Å². The number of nitrogens with zero attached hydrogens (tertiary/aromatic N) is 3. The topological polar surface area (TPSA) is 142 Å². The van der Waals surface area contributed by atoms with Crippen molar-refractivity contribution in [2.75, 3.05) is 34.9 Å². The summed E-state index contributed by atoms with van der Waals surface area (Å²) in [7, 11) is 6.61. The molecular weight excluding hydrogens is 693 g/mol. The van der Waals surface area contributed by atoms with Crippen molar-refractivity contribution < 1.29 is 28.7 Å². The standard InChI is InChI=1S/C40H64N6O6S/c1-12-26(4)34(45(9)38(49)33(25(2)3)44-39(50)40(6,7)41-8)31(51-10)24-32(47)46-21-16-19-30(46)35(52-11)27(5)36(48)43-29(37-42-20-22-53-37)23-28-17-14-13-15-18-28/h13-15,17-18,20,22,25-27,29-31,33-35,41H,12,16,19,21,23-24H2,1-11H3,(H,43,48)(H,44,50)/t26-,27+,29-,30-,31+,33-,34?,35+/m0/s1. The molecule has 8 atom stereocenters. The van der Waals surface area contributed by atoms with Gasteiger partial charge in [0.2, 0.25) is 23.6 Å². The van der Waals surface area contributed by atoms with E-state index in [0.717, 1.165) is 23.4 Å². The van der Waals surface area contributed by atoms with Gasteiger partial charge in [-0.2, -0.15) is 0 Å². The maximum atomic E-state index is 14.2. The molecule has 3 N–H and O–H groups in total. The monoisotopic (exact) mass is 756 g/mol. The van der Waals surface area contributed by atoms with Crippen molar-refractivity contribution in [3.63, 3.8) is 0 Å². The molecule has 1 aromatic heterocycles. The molecule has 1 aliphatic rings. The van der Waals surface area contributed by atoms with Gasteiger partial charge in [-0.15, -0.1) is 11.3 Å². The first-order valence-corrected chi connectivity index (χ1v) is 19.8. The summed E-state index contributed by atoms with van der Waals surface area (Å²) < 4.78 is 12.0. The Kier molecular flexibility index (Phi) is 16.9. The minimum Gasteiger partial charge on any atom is -0.379 e. The number of likely N-dealkylation sites (tertiary alicyclic amines) is 1. The number of nitrogens with one attached hydrogen (secondary N) is 3. The molecule has 4 amide bonds. The number of methoxy groups -OCH3 is 2. The van der Waals surface area contributed by atoms with E-state index in [2.05, 4.69) is 27.9 Å². The van der Waals surface area contributed by atoms with Gasteiger partial charge in [0.05, 0.1) is 48.2 Å². The summed E-state index contributed by atoms with van der Waals surface area (Å²) in [5.41, 5.74) is 0.230. The number of carbonyl (C=O) groups is 4. The molecule has 0 saturated carbocycles. The van der Waals surface area contributed by atoms with E-state index in [1.165, 1.54) is 11.3 Å². The SMILES string of the molecule is CC[C@H](C)C([C@@H](CC(=O)N1CCC[C@H]1[C@H](OC)[C@@H](C)C(=O)N[C@@H](Cc1ccccc1)c1nccs1)OC)N(C)C(=O)[C@@H](NC(=O)C(C)(C)NC)C(C)C. The van der Waals surface area contributed by atoms with E-state index in [4.69, 9.17) is 9.47 Å². The smallest absolute Gasteiger partial charge is 0.245 e.